The molecule has 0 aliphatic heterocycles. The lowest BCUT2D eigenvalue weighted by atomic mass is 9.83. The van der Waals surface area contributed by atoms with Crippen LogP contribution in [0.25, 0.3) is 0 Å². The summed E-state index contributed by atoms with van der Waals surface area (Å²) in [4.78, 5) is 0. The Morgan fingerprint density at radius 1 is 0.880 bits per heavy atom. The standard InChI is InChI=1S/C23H27OP/c1-5-22-17(2)16-23(19(4)18(22)3)25(24,20-12-8-6-9-13-20)21-14-10-7-11-15-21/h6-17,19H,5H2,1-4H3. The van der Waals surface area contributed by atoms with Crippen molar-refractivity contribution in [2.75, 3.05) is 0 Å². The Balaban J connectivity index is 2.23. The lowest BCUT2D eigenvalue weighted by molar-refractivity contribution is 0.584. The first kappa shape index (κ1) is 18.0. The molecule has 2 unspecified atom stereocenters. The fraction of sp³-hybridized carbons (Fsp3) is 0.304. The van der Waals surface area contributed by atoms with Gasteiger partial charge in [-0.05, 0) is 19.3 Å². The lowest BCUT2D eigenvalue weighted by Gasteiger charge is -2.34. The molecular weight excluding hydrogens is 323 g/mol. The van der Waals surface area contributed by atoms with Gasteiger partial charge >= 0.3 is 0 Å². The van der Waals surface area contributed by atoms with Crippen LogP contribution in [-0.4, -0.2) is 0 Å². The number of hydrogen-bond donors (Lipinski definition) is 0. The zero-order chi connectivity index (χ0) is 18.0. The van der Waals surface area contributed by atoms with Gasteiger partial charge in [0, 0.05) is 21.8 Å². The summed E-state index contributed by atoms with van der Waals surface area (Å²) in [5.41, 5.74) is 2.88. The smallest absolute Gasteiger partial charge is 0.167 e. The molecule has 3 rings (SSSR count). The molecule has 0 saturated heterocycles. The van der Waals surface area contributed by atoms with Gasteiger partial charge in [0.25, 0.3) is 0 Å². The van der Waals surface area contributed by atoms with Gasteiger partial charge < -0.3 is 4.57 Å². The van der Waals surface area contributed by atoms with Gasteiger partial charge in [0.15, 0.2) is 7.14 Å². The van der Waals surface area contributed by atoms with Gasteiger partial charge in [-0.3, -0.25) is 0 Å². The third kappa shape index (κ3) is 3.07. The predicted octanol–water partition coefficient (Wildman–Crippen LogP) is 5.90. The second-order valence-electron chi connectivity index (χ2n) is 6.94. The van der Waals surface area contributed by atoms with E-state index in [1.165, 1.54) is 11.1 Å². The van der Waals surface area contributed by atoms with E-state index in [1.807, 2.05) is 60.7 Å². The average Bonchev–Trinajstić information content (AvgIpc) is 2.66. The maximum absolute atomic E-state index is 14.6. The topological polar surface area (TPSA) is 17.1 Å². The molecule has 0 heterocycles. The monoisotopic (exact) mass is 350 g/mol. The van der Waals surface area contributed by atoms with Crippen molar-refractivity contribution in [3.63, 3.8) is 0 Å². The molecule has 0 aromatic heterocycles. The molecular formula is C23H27OP. The first-order valence-electron chi connectivity index (χ1n) is 9.13. The van der Waals surface area contributed by atoms with Gasteiger partial charge in [-0.25, -0.2) is 0 Å². The number of allylic oxidation sites excluding steroid dienone is 4. The summed E-state index contributed by atoms with van der Waals surface area (Å²) in [6, 6.07) is 20.0. The van der Waals surface area contributed by atoms with E-state index < -0.39 is 7.14 Å². The van der Waals surface area contributed by atoms with Crippen molar-refractivity contribution in [3.05, 3.63) is 83.2 Å². The largest absolute Gasteiger partial charge is 0.309 e. The van der Waals surface area contributed by atoms with Crippen LogP contribution in [0.2, 0.25) is 0 Å². The average molecular weight is 350 g/mol. The summed E-state index contributed by atoms with van der Waals surface area (Å²) in [6.07, 6.45) is 3.33. The Kier molecular flexibility index (Phi) is 5.16. The van der Waals surface area contributed by atoms with E-state index in [9.17, 15) is 4.57 Å². The minimum absolute atomic E-state index is 0.206. The highest BCUT2D eigenvalue weighted by molar-refractivity contribution is 7.82. The van der Waals surface area contributed by atoms with Crippen molar-refractivity contribution in [1.29, 1.82) is 0 Å². The molecule has 2 atom stereocenters. The van der Waals surface area contributed by atoms with E-state index >= 15 is 0 Å². The van der Waals surface area contributed by atoms with Crippen LogP contribution in [0, 0.1) is 11.8 Å². The van der Waals surface area contributed by atoms with E-state index in [1.54, 1.807) is 0 Å². The molecule has 0 saturated carbocycles. The summed E-state index contributed by atoms with van der Waals surface area (Å²) in [5, 5.41) is 2.95. The molecule has 0 N–H and O–H groups in total. The minimum atomic E-state index is -2.84. The van der Waals surface area contributed by atoms with Gasteiger partial charge in [-0.2, -0.15) is 0 Å². The lowest BCUT2D eigenvalue weighted by Crippen LogP contribution is -2.24. The molecule has 25 heavy (non-hydrogen) atoms. The number of benzene rings is 2. The van der Waals surface area contributed by atoms with E-state index in [2.05, 4.69) is 33.8 Å². The fourth-order valence-corrected chi connectivity index (χ4v) is 7.31. The van der Waals surface area contributed by atoms with Crippen LogP contribution in [0.5, 0.6) is 0 Å². The van der Waals surface area contributed by atoms with Gasteiger partial charge in [0.1, 0.15) is 0 Å². The Hall–Kier alpha value is -1.85. The second kappa shape index (κ2) is 7.18. The van der Waals surface area contributed by atoms with Crippen LogP contribution in [0.4, 0.5) is 0 Å². The first-order valence-corrected chi connectivity index (χ1v) is 10.8. The van der Waals surface area contributed by atoms with Crippen LogP contribution in [0.15, 0.2) is 83.2 Å². The van der Waals surface area contributed by atoms with Crippen LogP contribution >= 0.6 is 7.14 Å². The fourth-order valence-electron chi connectivity index (χ4n) is 4.06. The van der Waals surface area contributed by atoms with Gasteiger partial charge in [-0.1, -0.05) is 98.7 Å². The maximum Gasteiger partial charge on any atom is 0.167 e. The van der Waals surface area contributed by atoms with Crippen LogP contribution in [0.3, 0.4) is 0 Å². The Morgan fingerprint density at radius 3 is 1.80 bits per heavy atom. The van der Waals surface area contributed by atoms with Crippen molar-refractivity contribution in [2.24, 2.45) is 11.8 Å². The van der Waals surface area contributed by atoms with Crippen molar-refractivity contribution in [1.82, 2.24) is 0 Å². The molecule has 130 valence electrons. The molecule has 0 radical (unpaired) electrons. The molecule has 0 fully saturated rings. The van der Waals surface area contributed by atoms with Crippen LogP contribution < -0.4 is 10.6 Å². The Bertz CT molecular complexity index is 803. The van der Waals surface area contributed by atoms with E-state index in [0.29, 0.717) is 5.92 Å². The van der Waals surface area contributed by atoms with E-state index in [4.69, 9.17) is 0 Å². The molecule has 2 aromatic carbocycles. The normalized spacial score (nSPS) is 21.2. The third-order valence-electron chi connectivity index (χ3n) is 5.55. The number of hydrogen-bond acceptors (Lipinski definition) is 1. The van der Waals surface area contributed by atoms with Crippen molar-refractivity contribution in [2.45, 2.75) is 34.1 Å². The third-order valence-corrected chi connectivity index (χ3v) is 8.87. The van der Waals surface area contributed by atoms with E-state index in [0.717, 1.165) is 22.3 Å². The highest BCUT2D eigenvalue weighted by atomic mass is 31.2. The first-order chi connectivity index (χ1) is 12.0. The SMILES string of the molecule is CCC1=C(C)C(C)C(P(=O)(c2ccccc2)c2ccccc2)=CC1C. The molecule has 0 amide bonds. The second-order valence-corrected chi connectivity index (χ2v) is 9.71. The molecule has 1 aliphatic rings. The molecule has 0 bridgehead atoms. The number of rotatable bonds is 4. The summed E-state index contributed by atoms with van der Waals surface area (Å²) < 4.78 is 14.6. The summed E-state index contributed by atoms with van der Waals surface area (Å²) in [6.45, 7) is 8.87. The van der Waals surface area contributed by atoms with Crippen molar-refractivity contribution in [3.8, 4) is 0 Å². The molecule has 2 heteroatoms. The van der Waals surface area contributed by atoms with Crippen LogP contribution in [0.1, 0.15) is 34.1 Å². The molecule has 0 spiro atoms. The minimum Gasteiger partial charge on any atom is -0.309 e. The Labute approximate surface area is 151 Å². The van der Waals surface area contributed by atoms with Gasteiger partial charge in [0.05, 0.1) is 0 Å². The van der Waals surface area contributed by atoms with Gasteiger partial charge in [-0.15, -0.1) is 0 Å². The quantitative estimate of drug-likeness (QED) is 0.496. The highest BCUT2D eigenvalue weighted by Crippen LogP contribution is 2.58. The zero-order valence-corrected chi connectivity index (χ0v) is 16.5. The summed E-state index contributed by atoms with van der Waals surface area (Å²) in [7, 11) is -2.84. The zero-order valence-electron chi connectivity index (χ0n) is 15.6. The van der Waals surface area contributed by atoms with Crippen molar-refractivity contribution >= 4 is 17.8 Å². The molecule has 1 aliphatic carbocycles. The molecule has 2 aromatic rings. The predicted molar refractivity (Wildman–Crippen MR) is 109 cm³/mol. The van der Waals surface area contributed by atoms with Crippen LogP contribution in [-0.2, 0) is 4.57 Å². The van der Waals surface area contributed by atoms with E-state index in [-0.39, 0.29) is 5.92 Å². The van der Waals surface area contributed by atoms with Gasteiger partial charge in [0.2, 0.25) is 0 Å². The van der Waals surface area contributed by atoms with Crippen molar-refractivity contribution < 1.29 is 4.57 Å². The highest BCUT2D eigenvalue weighted by Gasteiger charge is 2.37. The Morgan fingerprint density at radius 2 is 1.36 bits per heavy atom. The summed E-state index contributed by atoms with van der Waals surface area (Å²) in [5.74, 6) is 0.550. The summed E-state index contributed by atoms with van der Waals surface area (Å²) >= 11 is 0. The molecule has 1 nitrogen and oxygen atoms in total. The maximum atomic E-state index is 14.6.